The molecule has 0 radical (unpaired) electrons. The molecule has 116 valence electrons. The molecule has 1 aliphatic carbocycles. The van der Waals surface area contributed by atoms with Crippen LogP contribution in [0.3, 0.4) is 0 Å². The molecule has 1 aromatic rings. The number of nitrogens with one attached hydrogen (secondary N) is 1. The molecule has 3 N–H and O–H groups in total. The van der Waals surface area contributed by atoms with Crippen LogP contribution in [0.5, 0.6) is 5.75 Å². The molecule has 0 heterocycles. The molecule has 0 saturated heterocycles. The summed E-state index contributed by atoms with van der Waals surface area (Å²) in [6.07, 6.45) is 6.16. The number of rotatable bonds is 5. The lowest BCUT2D eigenvalue weighted by molar-refractivity contribution is -0.125. The fourth-order valence-electron chi connectivity index (χ4n) is 2.95. The number of nitrogens with two attached hydrogens (primary N) is 1. The number of hydrogen-bond acceptors (Lipinski definition) is 3. The summed E-state index contributed by atoms with van der Waals surface area (Å²) in [5, 5.41) is 3.04. The lowest BCUT2D eigenvalue weighted by Crippen LogP contribution is -2.41. The molecule has 0 spiro atoms. The Hall–Kier alpha value is -1.55. The Morgan fingerprint density at radius 1 is 1.33 bits per heavy atom. The summed E-state index contributed by atoms with van der Waals surface area (Å²) in [7, 11) is 1.66. The van der Waals surface area contributed by atoms with Crippen molar-refractivity contribution in [1.29, 1.82) is 0 Å². The summed E-state index contributed by atoms with van der Waals surface area (Å²) in [6.45, 7) is 0.648. The van der Waals surface area contributed by atoms with Crippen molar-refractivity contribution >= 4 is 5.91 Å². The van der Waals surface area contributed by atoms with Gasteiger partial charge in [-0.3, -0.25) is 4.79 Å². The van der Waals surface area contributed by atoms with E-state index in [9.17, 15) is 4.79 Å². The van der Waals surface area contributed by atoms with Crippen molar-refractivity contribution in [3.8, 4) is 5.75 Å². The van der Waals surface area contributed by atoms with E-state index >= 15 is 0 Å². The molecule has 1 saturated carbocycles. The van der Waals surface area contributed by atoms with E-state index in [0.717, 1.165) is 37.9 Å². The van der Waals surface area contributed by atoms with E-state index in [4.69, 9.17) is 10.5 Å². The van der Waals surface area contributed by atoms with Crippen LogP contribution in [0, 0.1) is 5.92 Å². The van der Waals surface area contributed by atoms with Crippen LogP contribution in [0.25, 0.3) is 0 Å². The normalized spacial score (nSPS) is 22.4. The minimum Gasteiger partial charge on any atom is -0.497 e. The second-order valence-electron chi connectivity index (χ2n) is 5.80. The van der Waals surface area contributed by atoms with Crippen molar-refractivity contribution in [3.05, 3.63) is 29.8 Å². The van der Waals surface area contributed by atoms with E-state index in [1.165, 1.54) is 12.0 Å². The molecule has 4 heteroatoms. The number of hydrogen-bond donors (Lipinski definition) is 2. The van der Waals surface area contributed by atoms with Gasteiger partial charge in [0.1, 0.15) is 5.75 Å². The van der Waals surface area contributed by atoms with Crippen LogP contribution in [0.15, 0.2) is 24.3 Å². The van der Waals surface area contributed by atoms with Crippen LogP contribution < -0.4 is 15.8 Å². The molecule has 2 atom stereocenters. The first kappa shape index (κ1) is 15.8. The Kier molecular flexibility index (Phi) is 6.05. The second kappa shape index (κ2) is 8.03. The van der Waals surface area contributed by atoms with Crippen molar-refractivity contribution in [1.82, 2.24) is 5.32 Å². The van der Waals surface area contributed by atoms with Crippen LogP contribution in [-0.4, -0.2) is 25.6 Å². The third kappa shape index (κ3) is 4.74. The fraction of sp³-hybridized carbons (Fsp3) is 0.588. The number of carbonyl (C=O) groups excluding carboxylic acids is 1. The molecular formula is C17H26N2O2. The third-order valence-electron chi connectivity index (χ3n) is 4.25. The zero-order valence-corrected chi connectivity index (χ0v) is 12.8. The van der Waals surface area contributed by atoms with E-state index in [0.29, 0.717) is 6.54 Å². The third-order valence-corrected chi connectivity index (χ3v) is 4.25. The maximum Gasteiger partial charge on any atom is 0.224 e. The molecule has 0 aliphatic heterocycles. The smallest absolute Gasteiger partial charge is 0.224 e. The van der Waals surface area contributed by atoms with E-state index in [2.05, 4.69) is 5.32 Å². The molecular weight excluding hydrogens is 264 g/mol. The Bertz CT molecular complexity index is 462. The minimum atomic E-state index is -0.0159. The first-order chi connectivity index (χ1) is 10.2. The zero-order valence-electron chi connectivity index (χ0n) is 12.8. The van der Waals surface area contributed by atoms with Gasteiger partial charge >= 0.3 is 0 Å². The van der Waals surface area contributed by atoms with E-state index in [-0.39, 0.29) is 17.9 Å². The Morgan fingerprint density at radius 2 is 2.14 bits per heavy atom. The molecule has 1 amide bonds. The summed E-state index contributed by atoms with van der Waals surface area (Å²) in [6, 6.07) is 7.96. The highest BCUT2D eigenvalue weighted by Crippen LogP contribution is 2.22. The van der Waals surface area contributed by atoms with Gasteiger partial charge in [-0.2, -0.15) is 0 Å². The lowest BCUT2D eigenvalue weighted by Gasteiger charge is -2.20. The summed E-state index contributed by atoms with van der Waals surface area (Å²) in [5.74, 6) is 0.953. The van der Waals surface area contributed by atoms with Gasteiger partial charge in [-0.25, -0.2) is 0 Å². The van der Waals surface area contributed by atoms with Crippen molar-refractivity contribution < 1.29 is 9.53 Å². The predicted molar refractivity (Wildman–Crippen MR) is 84.3 cm³/mol. The lowest BCUT2D eigenvalue weighted by atomic mass is 9.94. The van der Waals surface area contributed by atoms with Crippen LogP contribution in [-0.2, 0) is 11.2 Å². The van der Waals surface area contributed by atoms with Gasteiger partial charge < -0.3 is 15.8 Å². The van der Waals surface area contributed by atoms with Crippen LogP contribution >= 0.6 is 0 Å². The molecule has 1 aromatic carbocycles. The van der Waals surface area contributed by atoms with E-state index in [1.54, 1.807) is 7.11 Å². The molecule has 2 rings (SSSR count). The van der Waals surface area contributed by atoms with Gasteiger partial charge in [-0.05, 0) is 37.0 Å². The molecule has 4 nitrogen and oxygen atoms in total. The quantitative estimate of drug-likeness (QED) is 0.818. The standard InChI is InChI=1S/C17H26N2O2/c1-21-14-7-5-6-13(12-14)10-11-19-17(20)15-8-3-2-4-9-16(15)18/h5-7,12,15-16H,2-4,8-11,18H2,1H3,(H,19,20). The summed E-state index contributed by atoms with van der Waals surface area (Å²) < 4.78 is 5.20. The van der Waals surface area contributed by atoms with Crippen LogP contribution in [0.4, 0.5) is 0 Å². The first-order valence-corrected chi connectivity index (χ1v) is 7.87. The van der Waals surface area contributed by atoms with Gasteiger partial charge in [0.05, 0.1) is 13.0 Å². The summed E-state index contributed by atoms with van der Waals surface area (Å²) in [5.41, 5.74) is 7.29. The highest BCUT2D eigenvalue weighted by Gasteiger charge is 2.26. The topological polar surface area (TPSA) is 64.3 Å². The number of ether oxygens (including phenoxy) is 1. The van der Waals surface area contributed by atoms with Crippen LogP contribution in [0.1, 0.15) is 37.7 Å². The van der Waals surface area contributed by atoms with Gasteiger partial charge in [-0.1, -0.05) is 31.4 Å². The fourth-order valence-corrected chi connectivity index (χ4v) is 2.95. The second-order valence-corrected chi connectivity index (χ2v) is 5.80. The molecule has 0 bridgehead atoms. The van der Waals surface area contributed by atoms with Crippen molar-refractivity contribution in [2.75, 3.05) is 13.7 Å². The van der Waals surface area contributed by atoms with Crippen LogP contribution in [0.2, 0.25) is 0 Å². The molecule has 2 unspecified atom stereocenters. The predicted octanol–water partition coefficient (Wildman–Crippen LogP) is 2.26. The molecule has 0 aromatic heterocycles. The monoisotopic (exact) mass is 290 g/mol. The summed E-state index contributed by atoms with van der Waals surface area (Å²) in [4.78, 5) is 12.3. The van der Waals surface area contributed by atoms with Gasteiger partial charge in [0, 0.05) is 12.6 Å². The van der Waals surface area contributed by atoms with Gasteiger partial charge in [-0.15, -0.1) is 0 Å². The first-order valence-electron chi connectivity index (χ1n) is 7.87. The Labute approximate surface area is 127 Å². The Morgan fingerprint density at radius 3 is 2.95 bits per heavy atom. The largest absolute Gasteiger partial charge is 0.497 e. The number of benzene rings is 1. The maximum absolute atomic E-state index is 12.3. The van der Waals surface area contributed by atoms with Gasteiger partial charge in [0.15, 0.2) is 0 Å². The summed E-state index contributed by atoms with van der Waals surface area (Å²) >= 11 is 0. The average molecular weight is 290 g/mol. The molecule has 21 heavy (non-hydrogen) atoms. The number of amides is 1. The van der Waals surface area contributed by atoms with Crippen molar-refractivity contribution in [3.63, 3.8) is 0 Å². The SMILES string of the molecule is COc1cccc(CCNC(=O)C2CCCCCC2N)c1. The maximum atomic E-state index is 12.3. The van der Waals surface area contributed by atoms with E-state index < -0.39 is 0 Å². The van der Waals surface area contributed by atoms with Crippen molar-refractivity contribution in [2.24, 2.45) is 11.7 Å². The van der Waals surface area contributed by atoms with E-state index in [1.807, 2.05) is 24.3 Å². The minimum absolute atomic E-state index is 0.0159. The molecule has 1 aliphatic rings. The van der Waals surface area contributed by atoms with Crippen molar-refractivity contribution in [2.45, 2.75) is 44.6 Å². The van der Waals surface area contributed by atoms with Gasteiger partial charge in [0.25, 0.3) is 0 Å². The number of methoxy groups -OCH3 is 1. The highest BCUT2D eigenvalue weighted by molar-refractivity contribution is 5.79. The zero-order chi connectivity index (χ0) is 15.1. The average Bonchev–Trinajstić information content (AvgIpc) is 2.72. The molecule has 1 fully saturated rings. The Balaban J connectivity index is 1.80. The van der Waals surface area contributed by atoms with Gasteiger partial charge in [0.2, 0.25) is 5.91 Å². The highest BCUT2D eigenvalue weighted by atomic mass is 16.5. The number of carbonyl (C=O) groups is 1.